The lowest BCUT2D eigenvalue weighted by atomic mass is 9.93. The Balaban J connectivity index is 1.65. The Morgan fingerprint density at radius 2 is 2.15 bits per heavy atom. The fourth-order valence-corrected chi connectivity index (χ4v) is 5.28. The second-order valence-electron chi connectivity index (χ2n) is 7.26. The molecule has 0 aliphatic carbocycles. The molecule has 1 amide bonds. The Morgan fingerprint density at radius 1 is 1.30 bits per heavy atom. The van der Waals surface area contributed by atoms with Crippen molar-refractivity contribution in [3.63, 3.8) is 0 Å². The highest BCUT2D eigenvalue weighted by atomic mass is 32.1. The molecule has 27 heavy (non-hydrogen) atoms. The van der Waals surface area contributed by atoms with Crippen LogP contribution < -0.4 is 5.32 Å². The van der Waals surface area contributed by atoms with Crippen LogP contribution in [0.3, 0.4) is 0 Å². The van der Waals surface area contributed by atoms with Gasteiger partial charge in [-0.25, -0.2) is 0 Å². The zero-order chi connectivity index (χ0) is 18.8. The molecule has 1 N–H and O–H groups in total. The number of likely N-dealkylation sites (tertiary alicyclic amines) is 1. The molecule has 5 nitrogen and oxygen atoms in total. The van der Waals surface area contributed by atoms with Crippen molar-refractivity contribution in [3.8, 4) is 0 Å². The topological polar surface area (TPSA) is 50.2 Å². The third-order valence-corrected chi connectivity index (χ3v) is 6.82. The summed E-state index contributed by atoms with van der Waals surface area (Å²) in [4.78, 5) is 15.9. The molecule has 0 bridgehead atoms. The van der Waals surface area contributed by atoms with Gasteiger partial charge in [-0.3, -0.25) is 14.4 Å². The summed E-state index contributed by atoms with van der Waals surface area (Å²) in [5.74, 6) is 0.0280. The van der Waals surface area contributed by atoms with Crippen LogP contribution in [0.25, 0.3) is 10.1 Å². The van der Waals surface area contributed by atoms with Crippen molar-refractivity contribution in [2.75, 3.05) is 13.6 Å². The van der Waals surface area contributed by atoms with E-state index in [2.05, 4.69) is 39.6 Å². The van der Waals surface area contributed by atoms with E-state index in [0.29, 0.717) is 6.04 Å². The molecule has 142 valence electrons. The minimum Gasteiger partial charge on any atom is -0.354 e. The quantitative estimate of drug-likeness (QED) is 0.734. The van der Waals surface area contributed by atoms with Crippen molar-refractivity contribution >= 4 is 27.3 Å². The maximum atomic E-state index is 12.5. The lowest BCUT2D eigenvalue weighted by Crippen LogP contribution is -2.41. The number of aromatic nitrogens is 2. The Kier molecular flexibility index (Phi) is 5.27. The van der Waals surface area contributed by atoms with Crippen LogP contribution in [0.5, 0.6) is 0 Å². The van der Waals surface area contributed by atoms with E-state index in [1.165, 1.54) is 40.6 Å². The molecular formula is C21H26N4OS. The van der Waals surface area contributed by atoms with Crippen LogP contribution in [0, 0.1) is 0 Å². The largest absolute Gasteiger partial charge is 0.354 e. The van der Waals surface area contributed by atoms with Gasteiger partial charge in [0.1, 0.15) is 0 Å². The molecule has 4 rings (SSSR count). The normalized spacial score (nSPS) is 18.1. The van der Waals surface area contributed by atoms with Crippen LogP contribution >= 0.6 is 11.3 Å². The first-order chi connectivity index (χ1) is 13.2. The van der Waals surface area contributed by atoms with Gasteiger partial charge in [-0.15, -0.1) is 11.3 Å². The maximum Gasteiger partial charge on any atom is 0.261 e. The number of hydrogen-bond donors (Lipinski definition) is 1. The predicted octanol–water partition coefficient (Wildman–Crippen LogP) is 3.59. The smallest absolute Gasteiger partial charge is 0.261 e. The summed E-state index contributed by atoms with van der Waals surface area (Å²) >= 11 is 1.61. The van der Waals surface area contributed by atoms with Crippen LogP contribution in [0.2, 0.25) is 0 Å². The molecule has 3 aromatic rings. The minimum absolute atomic E-state index is 0.0280. The number of carbonyl (C=O) groups is 1. The molecule has 0 spiro atoms. The third-order valence-electron chi connectivity index (χ3n) is 5.61. The highest BCUT2D eigenvalue weighted by Crippen LogP contribution is 2.34. The number of fused-ring (bicyclic) bond motifs is 1. The number of rotatable bonds is 5. The van der Waals surface area contributed by atoms with Gasteiger partial charge in [0.25, 0.3) is 5.91 Å². The summed E-state index contributed by atoms with van der Waals surface area (Å²) in [5, 5.41) is 8.36. The zero-order valence-electron chi connectivity index (χ0n) is 15.9. The first-order valence-corrected chi connectivity index (χ1v) is 10.4. The van der Waals surface area contributed by atoms with E-state index in [-0.39, 0.29) is 5.91 Å². The number of piperidine rings is 1. The van der Waals surface area contributed by atoms with Crippen molar-refractivity contribution in [1.29, 1.82) is 0 Å². The summed E-state index contributed by atoms with van der Waals surface area (Å²) in [6.45, 7) is 2.02. The van der Waals surface area contributed by atoms with Crippen LogP contribution in [-0.2, 0) is 20.0 Å². The molecule has 1 atom stereocenters. The fraction of sp³-hybridized carbons (Fsp3) is 0.429. The summed E-state index contributed by atoms with van der Waals surface area (Å²) in [6.07, 6.45) is 6.45. The molecule has 0 saturated carbocycles. The van der Waals surface area contributed by atoms with Gasteiger partial charge < -0.3 is 5.32 Å². The lowest BCUT2D eigenvalue weighted by molar-refractivity contribution is 0.0964. The SMILES string of the molecule is CNC(=O)c1sc2ccccc2c1C[C@@H]1CCCCN1Cc1ccnn1C. The van der Waals surface area contributed by atoms with E-state index >= 15 is 0 Å². The molecule has 1 aliphatic heterocycles. The average molecular weight is 383 g/mol. The average Bonchev–Trinajstić information content (AvgIpc) is 3.26. The van der Waals surface area contributed by atoms with E-state index < -0.39 is 0 Å². The van der Waals surface area contributed by atoms with Gasteiger partial charge in [0, 0.05) is 37.6 Å². The van der Waals surface area contributed by atoms with E-state index in [1.54, 1.807) is 18.4 Å². The molecule has 2 aromatic heterocycles. The second kappa shape index (κ2) is 7.82. The van der Waals surface area contributed by atoms with Gasteiger partial charge in [-0.1, -0.05) is 24.6 Å². The number of hydrogen-bond acceptors (Lipinski definition) is 4. The van der Waals surface area contributed by atoms with Crippen LogP contribution in [0.1, 0.15) is 40.2 Å². The van der Waals surface area contributed by atoms with Gasteiger partial charge >= 0.3 is 0 Å². The lowest BCUT2D eigenvalue weighted by Gasteiger charge is -2.36. The summed E-state index contributed by atoms with van der Waals surface area (Å²) in [7, 11) is 3.72. The number of benzene rings is 1. The highest BCUT2D eigenvalue weighted by molar-refractivity contribution is 7.21. The number of aryl methyl sites for hydroxylation is 1. The molecule has 1 aromatic carbocycles. The fourth-order valence-electron chi connectivity index (χ4n) is 4.10. The Bertz CT molecular complexity index is 945. The highest BCUT2D eigenvalue weighted by Gasteiger charge is 2.27. The third kappa shape index (κ3) is 3.64. The van der Waals surface area contributed by atoms with E-state index in [0.717, 1.165) is 24.4 Å². The molecule has 6 heteroatoms. The van der Waals surface area contributed by atoms with Gasteiger partial charge in [0.05, 0.1) is 10.6 Å². The van der Waals surface area contributed by atoms with Crippen molar-refractivity contribution in [3.05, 3.63) is 52.7 Å². The summed E-state index contributed by atoms with van der Waals surface area (Å²) < 4.78 is 3.15. The predicted molar refractivity (Wildman–Crippen MR) is 110 cm³/mol. The van der Waals surface area contributed by atoms with Crippen molar-refractivity contribution < 1.29 is 4.79 Å². The van der Waals surface area contributed by atoms with E-state index in [9.17, 15) is 4.79 Å². The monoisotopic (exact) mass is 382 g/mol. The number of carbonyl (C=O) groups excluding carboxylic acids is 1. The van der Waals surface area contributed by atoms with Gasteiger partial charge in [0.15, 0.2) is 0 Å². The molecule has 0 unspecified atom stereocenters. The summed E-state index contributed by atoms with van der Waals surface area (Å²) in [6, 6.07) is 10.9. The van der Waals surface area contributed by atoms with E-state index in [1.807, 2.05) is 24.0 Å². The minimum atomic E-state index is 0.0280. The Hall–Kier alpha value is -2.18. The van der Waals surface area contributed by atoms with Crippen LogP contribution in [0.4, 0.5) is 0 Å². The number of nitrogens with one attached hydrogen (secondary N) is 1. The Labute approximate surface area is 164 Å². The first kappa shape index (κ1) is 18.2. The molecule has 0 radical (unpaired) electrons. The number of nitrogens with zero attached hydrogens (tertiary/aromatic N) is 3. The zero-order valence-corrected chi connectivity index (χ0v) is 16.8. The Morgan fingerprint density at radius 3 is 2.93 bits per heavy atom. The van der Waals surface area contributed by atoms with Crippen molar-refractivity contribution in [2.24, 2.45) is 7.05 Å². The molecule has 3 heterocycles. The molecular weight excluding hydrogens is 356 g/mol. The molecule has 1 aliphatic rings. The van der Waals surface area contributed by atoms with Crippen LogP contribution in [0.15, 0.2) is 36.5 Å². The first-order valence-electron chi connectivity index (χ1n) is 9.61. The van der Waals surface area contributed by atoms with E-state index in [4.69, 9.17) is 0 Å². The standard InChI is InChI=1S/C21H26N4OS/c1-22-21(26)20-18(17-8-3-4-9-19(17)27-20)13-15-7-5-6-12-25(15)14-16-10-11-23-24(16)2/h3-4,8-11,15H,5-7,12-14H2,1-2H3,(H,22,26)/t15-/m0/s1. The second-order valence-corrected chi connectivity index (χ2v) is 8.31. The maximum absolute atomic E-state index is 12.5. The van der Waals surface area contributed by atoms with Gasteiger partial charge in [-0.05, 0) is 48.9 Å². The van der Waals surface area contributed by atoms with Crippen molar-refractivity contribution in [2.45, 2.75) is 38.3 Å². The molecule has 1 saturated heterocycles. The van der Waals surface area contributed by atoms with Gasteiger partial charge in [-0.2, -0.15) is 5.10 Å². The van der Waals surface area contributed by atoms with Crippen molar-refractivity contribution in [1.82, 2.24) is 20.0 Å². The molecule has 1 fully saturated rings. The number of amides is 1. The van der Waals surface area contributed by atoms with Crippen LogP contribution in [-0.4, -0.2) is 40.2 Å². The number of thiophene rings is 1. The van der Waals surface area contributed by atoms with Gasteiger partial charge in [0.2, 0.25) is 0 Å². The summed E-state index contributed by atoms with van der Waals surface area (Å²) in [5.41, 5.74) is 2.44.